The fraction of sp³-hybridized carbons (Fsp3) is 1.00. The van der Waals surface area contributed by atoms with Gasteiger partial charge in [-0.15, -0.1) is 0 Å². The molecular formula is C16H31BrO2. The van der Waals surface area contributed by atoms with Crippen molar-refractivity contribution >= 4 is 15.9 Å². The van der Waals surface area contributed by atoms with Crippen LogP contribution in [0.5, 0.6) is 0 Å². The normalized spacial score (nSPS) is 28.6. The number of ether oxygens (including phenoxy) is 2. The van der Waals surface area contributed by atoms with Crippen molar-refractivity contribution in [1.29, 1.82) is 0 Å². The first kappa shape index (κ1) is 17.5. The predicted molar refractivity (Wildman–Crippen MR) is 84.9 cm³/mol. The van der Waals surface area contributed by atoms with Crippen LogP contribution < -0.4 is 0 Å². The Morgan fingerprint density at radius 2 is 1.84 bits per heavy atom. The standard InChI is InChI=1S/C16H31BrO2/c1-16(2,3)14-7-8-15(17)13(12-14)6-5-9-19-11-10-18-4/h13-15H,5-12H2,1-4H3. The van der Waals surface area contributed by atoms with E-state index in [0.717, 1.165) is 25.0 Å². The quantitative estimate of drug-likeness (QED) is 0.498. The summed E-state index contributed by atoms with van der Waals surface area (Å²) in [5, 5.41) is 0. The van der Waals surface area contributed by atoms with E-state index in [4.69, 9.17) is 9.47 Å². The third kappa shape index (κ3) is 6.59. The smallest absolute Gasteiger partial charge is 0.0700 e. The molecule has 1 aliphatic carbocycles. The highest BCUT2D eigenvalue weighted by Crippen LogP contribution is 2.43. The van der Waals surface area contributed by atoms with Crippen LogP contribution in [0.15, 0.2) is 0 Å². The van der Waals surface area contributed by atoms with Crippen LogP contribution in [-0.4, -0.2) is 31.8 Å². The van der Waals surface area contributed by atoms with E-state index >= 15 is 0 Å². The van der Waals surface area contributed by atoms with E-state index in [0.29, 0.717) is 16.8 Å². The summed E-state index contributed by atoms with van der Waals surface area (Å²) in [6.45, 7) is 9.46. The molecule has 3 heteroatoms. The third-order valence-electron chi connectivity index (χ3n) is 4.41. The monoisotopic (exact) mass is 334 g/mol. The molecule has 0 heterocycles. The van der Waals surface area contributed by atoms with Crippen LogP contribution in [0.1, 0.15) is 52.9 Å². The van der Waals surface area contributed by atoms with Crippen LogP contribution >= 0.6 is 15.9 Å². The first-order valence-corrected chi connectivity index (χ1v) is 8.57. The van der Waals surface area contributed by atoms with Gasteiger partial charge in [-0.25, -0.2) is 0 Å². The highest BCUT2D eigenvalue weighted by molar-refractivity contribution is 9.09. The van der Waals surface area contributed by atoms with Gasteiger partial charge in [0.05, 0.1) is 13.2 Å². The van der Waals surface area contributed by atoms with Crippen LogP contribution in [0, 0.1) is 17.3 Å². The lowest BCUT2D eigenvalue weighted by Crippen LogP contribution is -2.32. The van der Waals surface area contributed by atoms with E-state index in [1.54, 1.807) is 7.11 Å². The first-order chi connectivity index (χ1) is 8.95. The van der Waals surface area contributed by atoms with Crippen molar-refractivity contribution < 1.29 is 9.47 Å². The fourth-order valence-electron chi connectivity index (χ4n) is 3.00. The molecule has 0 saturated heterocycles. The molecule has 0 spiro atoms. The zero-order valence-corrected chi connectivity index (χ0v) is 14.7. The zero-order chi connectivity index (χ0) is 14.3. The number of hydrogen-bond donors (Lipinski definition) is 0. The van der Waals surface area contributed by atoms with Crippen molar-refractivity contribution in [3.8, 4) is 0 Å². The molecule has 0 aromatic heterocycles. The molecular weight excluding hydrogens is 304 g/mol. The maximum atomic E-state index is 5.55. The van der Waals surface area contributed by atoms with Crippen LogP contribution in [0.25, 0.3) is 0 Å². The second-order valence-electron chi connectivity index (χ2n) is 6.90. The summed E-state index contributed by atoms with van der Waals surface area (Å²) in [6, 6.07) is 0. The number of rotatable bonds is 7. The maximum Gasteiger partial charge on any atom is 0.0700 e. The highest BCUT2D eigenvalue weighted by Gasteiger charge is 2.34. The number of alkyl halides is 1. The lowest BCUT2D eigenvalue weighted by atomic mass is 9.68. The Morgan fingerprint density at radius 3 is 2.47 bits per heavy atom. The summed E-state index contributed by atoms with van der Waals surface area (Å²) in [7, 11) is 1.72. The molecule has 0 aromatic rings. The first-order valence-electron chi connectivity index (χ1n) is 7.66. The summed E-state index contributed by atoms with van der Waals surface area (Å²) in [5.41, 5.74) is 0.459. The molecule has 1 aliphatic rings. The minimum Gasteiger partial charge on any atom is -0.382 e. The summed E-state index contributed by atoms with van der Waals surface area (Å²) in [6.07, 6.45) is 6.54. The summed E-state index contributed by atoms with van der Waals surface area (Å²) >= 11 is 3.88. The van der Waals surface area contributed by atoms with E-state index < -0.39 is 0 Å². The number of methoxy groups -OCH3 is 1. The SMILES string of the molecule is COCCOCCCC1CC(C(C)(C)C)CCC1Br. The Balaban J connectivity index is 2.23. The second-order valence-corrected chi connectivity index (χ2v) is 8.08. The van der Waals surface area contributed by atoms with E-state index in [9.17, 15) is 0 Å². The second kappa shape index (κ2) is 8.63. The molecule has 0 aromatic carbocycles. The fourth-order valence-corrected chi connectivity index (χ4v) is 3.75. The van der Waals surface area contributed by atoms with Crippen molar-refractivity contribution in [3.63, 3.8) is 0 Å². The highest BCUT2D eigenvalue weighted by atomic mass is 79.9. The average molecular weight is 335 g/mol. The summed E-state index contributed by atoms with van der Waals surface area (Å²) < 4.78 is 10.5. The molecule has 19 heavy (non-hydrogen) atoms. The molecule has 1 saturated carbocycles. The van der Waals surface area contributed by atoms with Crippen LogP contribution in [0.2, 0.25) is 0 Å². The van der Waals surface area contributed by atoms with Gasteiger partial charge in [-0.1, -0.05) is 36.7 Å². The molecule has 1 fully saturated rings. The predicted octanol–water partition coefficient (Wildman–Crippen LogP) is 4.66. The number of hydrogen-bond acceptors (Lipinski definition) is 2. The lowest BCUT2D eigenvalue weighted by molar-refractivity contribution is 0.0643. The van der Waals surface area contributed by atoms with E-state index in [2.05, 4.69) is 36.7 Å². The lowest BCUT2D eigenvalue weighted by Gasteiger charge is -2.40. The van der Waals surface area contributed by atoms with Gasteiger partial charge < -0.3 is 9.47 Å². The van der Waals surface area contributed by atoms with E-state index in [1.807, 2.05) is 0 Å². The molecule has 0 bridgehead atoms. The molecule has 2 nitrogen and oxygen atoms in total. The minimum atomic E-state index is 0.459. The van der Waals surface area contributed by atoms with Gasteiger partial charge in [-0.05, 0) is 49.4 Å². The van der Waals surface area contributed by atoms with Gasteiger partial charge in [0, 0.05) is 18.5 Å². The van der Waals surface area contributed by atoms with Gasteiger partial charge in [-0.3, -0.25) is 0 Å². The van der Waals surface area contributed by atoms with Gasteiger partial charge in [-0.2, -0.15) is 0 Å². The van der Waals surface area contributed by atoms with Gasteiger partial charge >= 0.3 is 0 Å². The molecule has 0 amide bonds. The Morgan fingerprint density at radius 1 is 1.11 bits per heavy atom. The van der Waals surface area contributed by atoms with Gasteiger partial charge in [0.25, 0.3) is 0 Å². The van der Waals surface area contributed by atoms with Crippen molar-refractivity contribution in [2.24, 2.45) is 17.3 Å². The van der Waals surface area contributed by atoms with Crippen molar-refractivity contribution in [2.75, 3.05) is 26.9 Å². The Hall–Kier alpha value is 0.400. The molecule has 0 radical (unpaired) electrons. The molecule has 0 aliphatic heterocycles. The average Bonchev–Trinajstić information content (AvgIpc) is 2.34. The van der Waals surface area contributed by atoms with Crippen molar-refractivity contribution in [1.82, 2.24) is 0 Å². The summed E-state index contributed by atoms with van der Waals surface area (Å²) in [4.78, 5) is 0.713. The van der Waals surface area contributed by atoms with E-state index in [-0.39, 0.29) is 0 Å². The van der Waals surface area contributed by atoms with Gasteiger partial charge in [0.1, 0.15) is 0 Å². The van der Waals surface area contributed by atoms with Crippen LogP contribution in [0.4, 0.5) is 0 Å². The molecule has 3 atom stereocenters. The van der Waals surface area contributed by atoms with Gasteiger partial charge in [0.15, 0.2) is 0 Å². The Kier molecular flexibility index (Phi) is 7.93. The van der Waals surface area contributed by atoms with Crippen molar-refractivity contribution in [3.05, 3.63) is 0 Å². The third-order valence-corrected chi connectivity index (χ3v) is 5.62. The van der Waals surface area contributed by atoms with Crippen LogP contribution in [-0.2, 0) is 9.47 Å². The van der Waals surface area contributed by atoms with Crippen molar-refractivity contribution in [2.45, 2.75) is 57.7 Å². The zero-order valence-electron chi connectivity index (χ0n) is 13.1. The molecule has 114 valence electrons. The summed E-state index contributed by atoms with van der Waals surface area (Å²) in [5.74, 6) is 1.70. The Labute approximate surface area is 127 Å². The Bertz CT molecular complexity index is 237. The van der Waals surface area contributed by atoms with E-state index in [1.165, 1.54) is 32.1 Å². The minimum absolute atomic E-state index is 0.459. The topological polar surface area (TPSA) is 18.5 Å². The molecule has 1 rings (SSSR count). The number of halogens is 1. The van der Waals surface area contributed by atoms with Gasteiger partial charge in [0.2, 0.25) is 0 Å². The molecule has 0 N–H and O–H groups in total. The largest absolute Gasteiger partial charge is 0.382 e. The molecule has 3 unspecified atom stereocenters. The maximum absolute atomic E-state index is 5.55. The van der Waals surface area contributed by atoms with Crippen LogP contribution in [0.3, 0.4) is 0 Å².